The maximum absolute atomic E-state index is 10.9. The second kappa shape index (κ2) is 5.03. The molecule has 1 fully saturated rings. The van der Waals surface area contributed by atoms with Crippen LogP contribution in [0.1, 0.15) is 24.5 Å². The summed E-state index contributed by atoms with van der Waals surface area (Å²) in [7, 11) is 1.92. The van der Waals surface area contributed by atoms with Crippen molar-refractivity contribution >= 4 is 6.09 Å². The number of aromatic nitrogens is 2. The molecule has 20 heavy (non-hydrogen) atoms. The number of rotatable bonds is 2. The fourth-order valence-corrected chi connectivity index (χ4v) is 2.78. The summed E-state index contributed by atoms with van der Waals surface area (Å²) in [6.07, 6.45) is 2.48. The van der Waals surface area contributed by atoms with E-state index in [1.54, 1.807) is 6.26 Å². The number of amides is 1. The SMILES string of the molecule is Cn1nc(-c2ccco2)cc1C1CCN(C(=O)O)CC1. The summed E-state index contributed by atoms with van der Waals surface area (Å²) >= 11 is 0. The Labute approximate surface area is 116 Å². The lowest BCUT2D eigenvalue weighted by molar-refractivity contribution is 0.131. The van der Waals surface area contributed by atoms with E-state index in [4.69, 9.17) is 9.52 Å². The largest absolute Gasteiger partial charge is 0.465 e. The second-order valence-corrected chi connectivity index (χ2v) is 5.10. The van der Waals surface area contributed by atoms with Gasteiger partial charge in [0.2, 0.25) is 0 Å². The van der Waals surface area contributed by atoms with Crippen molar-refractivity contribution in [1.29, 1.82) is 0 Å². The molecule has 106 valence electrons. The Morgan fingerprint density at radius 1 is 1.45 bits per heavy atom. The predicted molar refractivity (Wildman–Crippen MR) is 72.5 cm³/mol. The van der Waals surface area contributed by atoms with E-state index in [-0.39, 0.29) is 0 Å². The van der Waals surface area contributed by atoms with Crippen LogP contribution in [-0.4, -0.2) is 39.0 Å². The third-order valence-corrected chi connectivity index (χ3v) is 3.87. The molecule has 1 N–H and O–H groups in total. The molecule has 0 atom stereocenters. The lowest BCUT2D eigenvalue weighted by atomic mass is 9.93. The van der Waals surface area contributed by atoms with E-state index in [0.29, 0.717) is 19.0 Å². The van der Waals surface area contributed by atoms with Gasteiger partial charge in [0, 0.05) is 31.7 Å². The summed E-state index contributed by atoms with van der Waals surface area (Å²) in [5.74, 6) is 1.11. The Morgan fingerprint density at radius 3 is 2.80 bits per heavy atom. The number of likely N-dealkylation sites (tertiary alicyclic amines) is 1. The highest BCUT2D eigenvalue weighted by Gasteiger charge is 2.26. The van der Waals surface area contributed by atoms with Gasteiger partial charge in [0.05, 0.1) is 6.26 Å². The molecule has 0 aromatic carbocycles. The Bertz CT molecular complexity index is 595. The van der Waals surface area contributed by atoms with Gasteiger partial charge in [-0.05, 0) is 31.0 Å². The molecule has 0 bridgehead atoms. The van der Waals surface area contributed by atoms with Crippen LogP contribution in [0.15, 0.2) is 28.9 Å². The van der Waals surface area contributed by atoms with E-state index < -0.39 is 6.09 Å². The van der Waals surface area contributed by atoms with Crippen LogP contribution in [0.4, 0.5) is 4.79 Å². The highest BCUT2D eigenvalue weighted by atomic mass is 16.4. The molecular formula is C14H17N3O3. The maximum Gasteiger partial charge on any atom is 0.407 e. The molecule has 3 heterocycles. The van der Waals surface area contributed by atoms with Crippen LogP contribution in [0.5, 0.6) is 0 Å². The smallest absolute Gasteiger partial charge is 0.407 e. The van der Waals surface area contributed by atoms with Crippen molar-refractivity contribution in [2.75, 3.05) is 13.1 Å². The number of hydrogen-bond donors (Lipinski definition) is 1. The second-order valence-electron chi connectivity index (χ2n) is 5.10. The molecule has 6 heteroatoms. The van der Waals surface area contributed by atoms with Gasteiger partial charge in [-0.3, -0.25) is 4.68 Å². The monoisotopic (exact) mass is 275 g/mol. The van der Waals surface area contributed by atoms with Gasteiger partial charge in [0.25, 0.3) is 0 Å². The van der Waals surface area contributed by atoms with Crippen molar-refractivity contribution in [1.82, 2.24) is 14.7 Å². The standard InChI is InChI=1S/C14H17N3O3/c1-16-12(9-11(15-16)13-3-2-8-20-13)10-4-6-17(7-5-10)14(18)19/h2-3,8-10H,4-7H2,1H3,(H,18,19). The van der Waals surface area contributed by atoms with Crippen molar-refractivity contribution in [2.24, 2.45) is 7.05 Å². The average molecular weight is 275 g/mol. The molecule has 1 aliphatic rings. The van der Waals surface area contributed by atoms with Crippen molar-refractivity contribution in [2.45, 2.75) is 18.8 Å². The molecule has 1 saturated heterocycles. The van der Waals surface area contributed by atoms with E-state index in [2.05, 4.69) is 5.10 Å². The molecule has 0 spiro atoms. The first-order valence-electron chi connectivity index (χ1n) is 6.71. The van der Waals surface area contributed by atoms with Gasteiger partial charge in [0.15, 0.2) is 5.76 Å². The molecular weight excluding hydrogens is 258 g/mol. The van der Waals surface area contributed by atoms with E-state index in [0.717, 1.165) is 30.0 Å². The van der Waals surface area contributed by atoms with E-state index >= 15 is 0 Å². The van der Waals surface area contributed by atoms with Crippen molar-refractivity contribution in [3.8, 4) is 11.5 Å². The summed E-state index contributed by atoms with van der Waals surface area (Å²) < 4.78 is 7.24. The van der Waals surface area contributed by atoms with E-state index in [1.165, 1.54) is 4.90 Å². The van der Waals surface area contributed by atoms with Crippen molar-refractivity contribution in [3.63, 3.8) is 0 Å². The summed E-state index contributed by atoms with van der Waals surface area (Å²) in [6, 6.07) is 5.77. The lowest BCUT2D eigenvalue weighted by Gasteiger charge is -2.29. The minimum atomic E-state index is -0.829. The van der Waals surface area contributed by atoms with Gasteiger partial charge in [0.1, 0.15) is 5.69 Å². The average Bonchev–Trinajstić information content (AvgIpc) is 3.08. The first-order valence-corrected chi connectivity index (χ1v) is 6.71. The van der Waals surface area contributed by atoms with Gasteiger partial charge < -0.3 is 14.4 Å². The highest BCUT2D eigenvalue weighted by Crippen LogP contribution is 2.30. The van der Waals surface area contributed by atoms with E-state index in [9.17, 15) is 4.79 Å². The number of carboxylic acid groups (broad SMARTS) is 1. The zero-order valence-corrected chi connectivity index (χ0v) is 11.3. The molecule has 3 rings (SSSR count). The summed E-state index contributed by atoms with van der Waals surface area (Å²) in [5, 5.41) is 13.5. The molecule has 2 aromatic rings. The fourth-order valence-electron chi connectivity index (χ4n) is 2.78. The molecule has 0 aliphatic carbocycles. The van der Waals surface area contributed by atoms with Crippen molar-refractivity contribution < 1.29 is 14.3 Å². The van der Waals surface area contributed by atoms with Crippen LogP contribution in [0.2, 0.25) is 0 Å². The van der Waals surface area contributed by atoms with Gasteiger partial charge in [-0.2, -0.15) is 5.10 Å². The summed E-state index contributed by atoms with van der Waals surface area (Å²) in [5.41, 5.74) is 1.97. The number of aryl methyl sites for hydroxylation is 1. The third-order valence-electron chi connectivity index (χ3n) is 3.87. The number of furan rings is 1. The Kier molecular flexibility index (Phi) is 3.22. The van der Waals surface area contributed by atoms with Gasteiger partial charge in [-0.15, -0.1) is 0 Å². The first-order chi connectivity index (χ1) is 9.65. The van der Waals surface area contributed by atoms with Crippen LogP contribution in [0.3, 0.4) is 0 Å². The third kappa shape index (κ3) is 2.29. The Morgan fingerprint density at radius 2 is 2.20 bits per heavy atom. The highest BCUT2D eigenvalue weighted by molar-refractivity contribution is 5.65. The molecule has 0 radical (unpaired) electrons. The van der Waals surface area contributed by atoms with Crippen LogP contribution in [-0.2, 0) is 7.05 Å². The van der Waals surface area contributed by atoms with Crippen molar-refractivity contribution in [3.05, 3.63) is 30.2 Å². The quantitative estimate of drug-likeness (QED) is 0.914. The zero-order chi connectivity index (χ0) is 14.1. The number of nitrogens with zero attached hydrogens (tertiary/aromatic N) is 3. The Balaban J connectivity index is 1.77. The van der Waals surface area contributed by atoms with Gasteiger partial charge in [-0.1, -0.05) is 0 Å². The molecule has 6 nitrogen and oxygen atoms in total. The van der Waals surface area contributed by atoms with Crippen LogP contribution < -0.4 is 0 Å². The first kappa shape index (κ1) is 12.8. The predicted octanol–water partition coefficient (Wildman–Crippen LogP) is 2.54. The van der Waals surface area contributed by atoms with Crippen LogP contribution in [0, 0.1) is 0 Å². The Hall–Kier alpha value is -2.24. The topological polar surface area (TPSA) is 71.5 Å². The molecule has 0 saturated carbocycles. The molecule has 0 unspecified atom stereocenters. The maximum atomic E-state index is 10.9. The number of carbonyl (C=O) groups is 1. The van der Waals surface area contributed by atoms with Crippen LogP contribution in [0.25, 0.3) is 11.5 Å². The van der Waals surface area contributed by atoms with Crippen LogP contribution >= 0.6 is 0 Å². The number of hydrogen-bond acceptors (Lipinski definition) is 3. The van der Waals surface area contributed by atoms with E-state index in [1.807, 2.05) is 29.9 Å². The molecule has 2 aromatic heterocycles. The zero-order valence-electron chi connectivity index (χ0n) is 11.3. The number of piperidine rings is 1. The molecule has 1 aliphatic heterocycles. The minimum Gasteiger partial charge on any atom is -0.465 e. The fraction of sp³-hybridized carbons (Fsp3) is 0.429. The summed E-state index contributed by atoms with van der Waals surface area (Å²) in [4.78, 5) is 12.4. The molecule has 1 amide bonds. The lowest BCUT2D eigenvalue weighted by Crippen LogP contribution is -2.37. The summed E-state index contributed by atoms with van der Waals surface area (Å²) in [6.45, 7) is 1.17. The minimum absolute atomic E-state index is 0.354. The van der Waals surface area contributed by atoms with Gasteiger partial charge in [-0.25, -0.2) is 4.79 Å². The van der Waals surface area contributed by atoms with Gasteiger partial charge >= 0.3 is 6.09 Å². The normalized spacial score (nSPS) is 16.6.